The second-order valence-corrected chi connectivity index (χ2v) is 4.60. The van der Waals surface area contributed by atoms with E-state index in [2.05, 4.69) is 13.8 Å². The van der Waals surface area contributed by atoms with E-state index in [0.717, 1.165) is 0 Å². The predicted molar refractivity (Wildman–Crippen MR) is 45.7 cm³/mol. The maximum absolute atomic E-state index is 10.9. The summed E-state index contributed by atoms with van der Waals surface area (Å²) in [5.41, 5.74) is 0. The minimum absolute atomic E-state index is 0.0428. The number of carboxylic acid groups (broad SMARTS) is 1. The summed E-state index contributed by atoms with van der Waals surface area (Å²) in [5.74, 6) is 1.63. The van der Waals surface area contributed by atoms with Crippen LogP contribution in [-0.2, 0) is 4.79 Å². The van der Waals surface area contributed by atoms with E-state index in [-0.39, 0.29) is 5.92 Å². The second-order valence-electron chi connectivity index (χ2n) is 4.60. The average Bonchev–Trinajstić information content (AvgIpc) is 2.44. The standard InChI is InChI=1S/C10H16O2/c1-5-3-7-4-8(5)9(6(7)2)10(11)12/h5-9H,3-4H2,1-2H3,(H,11,12)/t5-,6+,7?,8?,9+/m1/s1. The van der Waals surface area contributed by atoms with E-state index in [9.17, 15) is 4.79 Å². The van der Waals surface area contributed by atoms with Gasteiger partial charge >= 0.3 is 5.97 Å². The first-order valence-electron chi connectivity index (χ1n) is 4.84. The summed E-state index contributed by atoms with van der Waals surface area (Å²) < 4.78 is 0. The largest absolute Gasteiger partial charge is 0.481 e. The predicted octanol–water partition coefficient (Wildman–Crippen LogP) is 2.00. The minimum atomic E-state index is -0.568. The van der Waals surface area contributed by atoms with E-state index >= 15 is 0 Å². The van der Waals surface area contributed by atoms with Gasteiger partial charge in [-0.25, -0.2) is 0 Å². The first-order chi connectivity index (χ1) is 5.61. The van der Waals surface area contributed by atoms with Gasteiger partial charge in [-0.3, -0.25) is 4.79 Å². The Bertz CT molecular complexity index is 212. The first kappa shape index (κ1) is 8.09. The molecule has 0 aromatic rings. The minimum Gasteiger partial charge on any atom is -0.481 e. The van der Waals surface area contributed by atoms with Crippen LogP contribution in [0.15, 0.2) is 0 Å². The van der Waals surface area contributed by atoms with Crippen molar-refractivity contribution < 1.29 is 9.90 Å². The fourth-order valence-corrected chi connectivity index (χ4v) is 3.35. The highest BCUT2D eigenvalue weighted by atomic mass is 16.4. The topological polar surface area (TPSA) is 37.3 Å². The van der Waals surface area contributed by atoms with Gasteiger partial charge in [0, 0.05) is 0 Å². The van der Waals surface area contributed by atoms with Gasteiger partial charge < -0.3 is 5.11 Å². The van der Waals surface area contributed by atoms with Crippen LogP contribution < -0.4 is 0 Å². The van der Waals surface area contributed by atoms with E-state index in [4.69, 9.17) is 5.11 Å². The molecule has 2 heteroatoms. The molecule has 0 spiro atoms. The monoisotopic (exact) mass is 168 g/mol. The molecule has 2 aliphatic carbocycles. The molecule has 12 heavy (non-hydrogen) atoms. The maximum Gasteiger partial charge on any atom is 0.307 e. The molecule has 5 atom stereocenters. The van der Waals surface area contributed by atoms with Crippen molar-refractivity contribution in [3.05, 3.63) is 0 Å². The van der Waals surface area contributed by atoms with Crippen LogP contribution in [0.2, 0.25) is 0 Å². The molecule has 2 bridgehead atoms. The molecule has 0 saturated heterocycles. The normalized spacial score (nSPS) is 51.3. The molecule has 2 fully saturated rings. The molecule has 0 aliphatic heterocycles. The van der Waals surface area contributed by atoms with Gasteiger partial charge in [-0.05, 0) is 36.5 Å². The van der Waals surface area contributed by atoms with E-state index in [0.29, 0.717) is 23.7 Å². The number of hydrogen-bond acceptors (Lipinski definition) is 1. The van der Waals surface area contributed by atoms with Crippen LogP contribution in [0.1, 0.15) is 26.7 Å². The smallest absolute Gasteiger partial charge is 0.307 e. The van der Waals surface area contributed by atoms with Gasteiger partial charge in [-0.2, -0.15) is 0 Å². The molecule has 68 valence electrons. The van der Waals surface area contributed by atoms with Crippen LogP contribution in [0, 0.1) is 29.6 Å². The Balaban J connectivity index is 2.20. The zero-order valence-corrected chi connectivity index (χ0v) is 7.66. The molecule has 0 aromatic heterocycles. The van der Waals surface area contributed by atoms with Gasteiger partial charge in [0.15, 0.2) is 0 Å². The first-order valence-corrected chi connectivity index (χ1v) is 4.84. The van der Waals surface area contributed by atoms with Crippen molar-refractivity contribution in [3.8, 4) is 0 Å². The van der Waals surface area contributed by atoms with Crippen LogP contribution >= 0.6 is 0 Å². The fraction of sp³-hybridized carbons (Fsp3) is 0.900. The highest BCUT2D eigenvalue weighted by Gasteiger charge is 2.51. The summed E-state index contributed by atoms with van der Waals surface area (Å²) in [4.78, 5) is 10.9. The van der Waals surface area contributed by atoms with Crippen molar-refractivity contribution in [2.24, 2.45) is 29.6 Å². The van der Waals surface area contributed by atoms with Crippen LogP contribution in [0.5, 0.6) is 0 Å². The molecule has 2 rings (SSSR count). The Morgan fingerprint density at radius 1 is 1.33 bits per heavy atom. The lowest BCUT2D eigenvalue weighted by molar-refractivity contribution is -0.146. The lowest BCUT2D eigenvalue weighted by Gasteiger charge is -2.29. The van der Waals surface area contributed by atoms with Crippen LogP contribution in [-0.4, -0.2) is 11.1 Å². The zero-order chi connectivity index (χ0) is 8.88. The van der Waals surface area contributed by atoms with Crippen molar-refractivity contribution in [1.82, 2.24) is 0 Å². The number of aliphatic carboxylic acids is 1. The van der Waals surface area contributed by atoms with Crippen molar-refractivity contribution in [3.63, 3.8) is 0 Å². The third kappa shape index (κ3) is 0.900. The van der Waals surface area contributed by atoms with Crippen molar-refractivity contribution >= 4 is 5.97 Å². The SMILES string of the molecule is C[C@@H]1CC2CC1[C@@H](C(=O)O)[C@H]2C. The zero-order valence-electron chi connectivity index (χ0n) is 7.66. The Hall–Kier alpha value is -0.530. The highest BCUT2D eigenvalue weighted by Crippen LogP contribution is 2.54. The van der Waals surface area contributed by atoms with E-state index in [1.165, 1.54) is 12.8 Å². The molecular formula is C10H16O2. The van der Waals surface area contributed by atoms with Gasteiger partial charge in [0.1, 0.15) is 0 Å². The Morgan fingerprint density at radius 2 is 2.00 bits per heavy atom. The summed E-state index contributed by atoms with van der Waals surface area (Å²) >= 11 is 0. The van der Waals surface area contributed by atoms with Gasteiger partial charge in [-0.15, -0.1) is 0 Å². The van der Waals surface area contributed by atoms with Gasteiger partial charge in [0.25, 0.3) is 0 Å². The van der Waals surface area contributed by atoms with E-state index in [1.807, 2.05) is 0 Å². The molecule has 2 saturated carbocycles. The van der Waals surface area contributed by atoms with Crippen LogP contribution in [0.3, 0.4) is 0 Å². The van der Waals surface area contributed by atoms with Crippen LogP contribution in [0.4, 0.5) is 0 Å². The number of rotatable bonds is 1. The highest BCUT2D eigenvalue weighted by molar-refractivity contribution is 5.71. The molecule has 2 aliphatic rings. The van der Waals surface area contributed by atoms with Crippen molar-refractivity contribution in [2.45, 2.75) is 26.7 Å². The van der Waals surface area contributed by atoms with E-state index < -0.39 is 5.97 Å². The summed E-state index contributed by atoms with van der Waals surface area (Å²) in [6.45, 7) is 4.31. The molecule has 2 unspecified atom stereocenters. The lowest BCUT2D eigenvalue weighted by Crippen LogP contribution is -2.31. The summed E-state index contributed by atoms with van der Waals surface area (Å²) in [7, 11) is 0. The quantitative estimate of drug-likeness (QED) is 0.650. The van der Waals surface area contributed by atoms with Crippen molar-refractivity contribution in [1.29, 1.82) is 0 Å². The Morgan fingerprint density at radius 3 is 2.42 bits per heavy atom. The molecule has 2 nitrogen and oxygen atoms in total. The third-order valence-corrected chi connectivity index (χ3v) is 4.04. The van der Waals surface area contributed by atoms with Gasteiger partial charge in [0.05, 0.1) is 5.92 Å². The number of carboxylic acids is 1. The number of hydrogen-bond donors (Lipinski definition) is 1. The summed E-state index contributed by atoms with van der Waals surface area (Å²) in [6.07, 6.45) is 2.43. The molecule has 0 radical (unpaired) electrons. The molecule has 1 N–H and O–H groups in total. The summed E-state index contributed by atoms with van der Waals surface area (Å²) in [6, 6.07) is 0. The number of carbonyl (C=O) groups is 1. The fourth-order valence-electron chi connectivity index (χ4n) is 3.35. The molecular weight excluding hydrogens is 152 g/mol. The molecule has 0 amide bonds. The van der Waals surface area contributed by atoms with Gasteiger partial charge in [0.2, 0.25) is 0 Å². The Kier molecular flexibility index (Phi) is 1.67. The van der Waals surface area contributed by atoms with Crippen molar-refractivity contribution in [2.75, 3.05) is 0 Å². The lowest BCUT2D eigenvalue weighted by atomic mass is 9.75. The van der Waals surface area contributed by atoms with Crippen LogP contribution in [0.25, 0.3) is 0 Å². The number of fused-ring (bicyclic) bond motifs is 2. The molecule has 0 aromatic carbocycles. The van der Waals surface area contributed by atoms with Gasteiger partial charge in [-0.1, -0.05) is 13.8 Å². The maximum atomic E-state index is 10.9. The summed E-state index contributed by atoms with van der Waals surface area (Å²) in [5, 5.41) is 9.02. The molecule has 0 heterocycles. The third-order valence-electron chi connectivity index (χ3n) is 4.04. The second kappa shape index (κ2) is 2.48. The van der Waals surface area contributed by atoms with E-state index in [1.54, 1.807) is 0 Å². The average molecular weight is 168 g/mol. The Labute approximate surface area is 73.0 Å².